The number of benzene rings is 1. The average Bonchev–Trinajstić information content (AvgIpc) is 3.19. The van der Waals surface area contributed by atoms with E-state index in [4.69, 9.17) is 5.73 Å². The highest BCUT2D eigenvalue weighted by atomic mass is 16.1. The number of hydrogen-bond donors (Lipinski definition) is 2. The second-order valence-electron chi connectivity index (χ2n) is 6.08. The summed E-state index contributed by atoms with van der Waals surface area (Å²) >= 11 is 0. The normalized spacial score (nSPS) is 23.1. The number of primary amides is 1. The summed E-state index contributed by atoms with van der Waals surface area (Å²) in [7, 11) is 0. The van der Waals surface area contributed by atoms with Gasteiger partial charge in [-0.1, -0.05) is 12.1 Å². The lowest BCUT2D eigenvalue weighted by Crippen LogP contribution is -2.27. The fraction of sp³-hybridized carbons (Fsp3) is 0.562. The van der Waals surface area contributed by atoms with Crippen LogP contribution in [0.4, 0.5) is 0 Å². The zero-order valence-electron chi connectivity index (χ0n) is 11.8. The molecule has 0 bridgehead atoms. The van der Waals surface area contributed by atoms with Crippen molar-refractivity contribution in [2.24, 2.45) is 11.7 Å². The average molecular weight is 273 g/mol. The third-order valence-electron chi connectivity index (χ3n) is 4.35. The lowest BCUT2D eigenvalue weighted by Gasteiger charge is -2.15. The summed E-state index contributed by atoms with van der Waals surface area (Å²) in [5.41, 5.74) is 7.01. The van der Waals surface area contributed by atoms with Crippen LogP contribution >= 0.6 is 0 Å². The van der Waals surface area contributed by atoms with Gasteiger partial charge in [0.1, 0.15) is 0 Å². The van der Waals surface area contributed by atoms with Crippen molar-refractivity contribution in [1.29, 1.82) is 0 Å². The van der Waals surface area contributed by atoms with Crippen molar-refractivity contribution < 1.29 is 4.79 Å². The molecule has 2 aliphatic rings. The molecule has 1 saturated carbocycles. The maximum atomic E-state index is 11.1. The van der Waals surface area contributed by atoms with Gasteiger partial charge < -0.3 is 16.0 Å². The summed E-state index contributed by atoms with van der Waals surface area (Å²) in [5.74, 6) is 0.414. The summed E-state index contributed by atoms with van der Waals surface area (Å²) in [6, 6.07) is 8.45. The Bertz CT molecular complexity index is 484. The Labute approximate surface area is 120 Å². The fourth-order valence-electron chi connectivity index (χ4n) is 3.06. The van der Waals surface area contributed by atoms with E-state index in [0.717, 1.165) is 30.6 Å². The molecule has 2 fully saturated rings. The van der Waals surface area contributed by atoms with Crippen molar-refractivity contribution in [2.75, 3.05) is 19.6 Å². The molecular formula is C16H23N3O. The van der Waals surface area contributed by atoms with E-state index in [9.17, 15) is 4.79 Å². The van der Waals surface area contributed by atoms with E-state index in [0.29, 0.717) is 5.56 Å². The molecule has 4 nitrogen and oxygen atoms in total. The van der Waals surface area contributed by atoms with Crippen LogP contribution in [0.25, 0.3) is 0 Å². The van der Waals surface area contributed by atoms with Crippen LogP contribution in [-0.2, 0) is 6.54 Å². The Morgan fingerprint density at radius 2 is 2.20 bits per heavy atom. The lowest BCUT2D eigenvalue weighted by atomic mass is 10.1. The van der Waals surface area contributed by atoms with Crippen LogP contribution < -0.4 is 11.1 Å². The van der Waals surface area contributed by atoms with Crippen molar-refractivity contribution >= 4 is 5.91 Å². The first-order valence-electron chi connectivity index (χ1n) is 7.56. The van der Waals surface area contributed by atoms with Gasteiger partial charge in [0.15, 0.2) is 0 Å². The smallest absolute Gasteiger partial charge is 0.248 e. The predicted octanol–water partition coefficient (Wildman–Crippen LogP) is 1.36. The molecule has 1 unspecified atom stereocenters. The maximum absolute atomic E-state index is 11.1. The minimum absolute atomic E-state index is 0.359. The Hall–Kier alpha value is -1.39. The number of likely N-dealkylation sites (tertiary alicyclic amines) is 1. The zero-order valence-corrected chi connectivity index (χ0v) is 11.8. The standard InChI is InChI=1S/C16H23N3O/c17-16(20)14-3-1-2-12(8-14)9-18-10-13-6-7-19(11-13)15-4-5-15/h1-3,8,13,15,18H,4-7,9-11H2,(H2,17,20). The molecule has 1 aromatic rings. The van der Waals surface area contributed by atoms with Gasteiger partial charge in [0.2, 0.25) is 5.91 Å². The van der Waals surface area contributed by atoms with E-state index >= 15 is 0 Å². The van der Waals surface area contributed by atoms with E-state index < -0.39 is 0 Å². The van der Waals surface area contributed by atoms with Gasteiger partial charge in [-0.3, -0.25) is 4.79 Å². The Morgan fingerprint density at radius 3 is 2.95 bits per heavy atom. The van der Waals surface area contributed by atoms with E-state index in [1.54, 1.807) is 6.07 Å². The molecule has 3 N–H and O–H groups in total. The van der Waals surface area contributed by atoms with Crippen LogP contribution in [0.15, 0.2) is 24.3 Å². The summed E-state index contributed by atoms with van der Waals surface area (Å²) in [4.78, 5) is 13.8. The second-order valence-corrected chi connectivity index (χ2v) is 6.08. The number of hydrogen-bond acceptors (Lipinski definition) is 3. The SMILES string of the molecule is NC(=O)c1cccc(CNCC2CCN(C3CC3)C2)c1. The maximum Gasteiger partial charge on any atom is 0.248 e. The lowest BCUT2D eigenvalue weighted by molar-refractivity contribution is 0.1000. The molecule has 3 rings (SSSR count). The number of nitrogens with two attached hydrogens (primary N) is 1. The minimum Gasteiger partial charge on any atom is -0.366 e. The molecule has 4 heteroatoms. The summed E-state index contributed by atoms with van der Waals surface area (Å²) in [6.07, 6.45) is 4.12. The molecule has 108 valence electrons. The molecule has 1 aliphatic carbocycles. The molecule has 1 aliphatic heterocycles. The zero-order chi connectivity index (χ0) is 13.9. The fourth-order valence-corrected chi connectivity index (χ4v) is 3.06. The van der Waals surface area contributed by atoms with Crippen LogP contribution in [0.1, 0.15) is 35.2 Å². The number of carbonyl (C=O) groups excluding carboxylic acids is 1. The highest BCUT2D eigenvalue weighted by molar-refractivity contribution is 5.92. The summed E-state index contributed by atoms with van der Waals surface area (Å²) < 4.78 is 0. The molecule has 1 atom stereocenters. The number of rotatable bonds is 6. The van der Waals surface area contributed by atoms with Crippen LogP contribution in [0.3, 0.4) is 0 Å². The van der Waals surface area contributed by atoms with Gasteiger partial charge in [-0.15, -0.1) is 0 Å². The first-order valence-corrected chi connectivity index (χ1v) is 7.56. The highest BCUT2D eigenvalue weighted by Gasteiger charge is 2.33. The molecule has 1 saturated heterocycles. The van der Waals surface area contributed by atoms with Crippen LogP contribution in [0.2, 0.25) is 0 Å². The minimum atomic E-state index is -0.359. The van der Waals surface area contributed by atoms with Crippen molar-refractivity contribution in [3.63, 3.8) is 0 Å². The molecule has 20 heavy (non-hydrogen) atoms. The first kappa shape index (κ1) is 13.6. The quantitative estimate of drug-likeness (QED) is 0.823. The molecule has 1 heterocycles. The molecule has 0 spiro atoms. The Balaban J connectivity index is 1.43. The molecular weight excluding hydrogens is 250 g/mol. The third kappa shape index (κ3) is 3.38. The first-order chi connectivity index (χ1) is 9.72. The largest absolute Gasteiger partial charge is 0.366 e. The molecule has 0 radical (unpaired) electrons. The number of carbonyl (C=O) groups is 1. The number of nitrogens with one attached hydrogen (secondary N) is 1. The predicted molar refractivity (Wildman–Crippen MR) is 79.4 cm³/mol. The highest BCUT2D eigenvalue weighted by Crippen LogP contribution is 2.31. The van der Waals surface area contributed by atoms with Gasteiger partial charge in [0.05, 0.1) is 0 Å². The van der Waals surface area contributed by atoms with Gasteiger partial charge in [0.25, 0.3) is 0 Å². The van der Waals surface area contributed by atoms with Crippen LogP contribution in [0, 0.1) is 5.92 Å². The van der Waals surface area contributed by atoms with Gasteiger partial charge >= 0.3 is 0 Å². The van der Waals surface area contributed by atoms with E-state index in [-0.39, 0.29) is 5.91 Å². The van der Waals surface area contributed by atoms with E-state index in [2.05, 4.69) is 10.2 Å². The van der Waals surface area contributed by atoms with Gasteiger partial charge in [0, 0.05) is 24.7 Å². The van der Waals surface area contributed by atoms with Crippen molar-refractivity contribution in [1.82, 2.24) is 10.2 Å². The molecule has 0 aromatic heterocycles. The van der Waals surface area contributed by atoms with Crippen molar-refractivity contribution in [3.05, 3.63) is 35.4 Å². The third-order valence-corrected chi connectivity index (χ3v) is 4.35. The van der Waals surface area contributed by atoms with Crippen molar-refractivity contribution in [3.8, 4) is 0 Å². The number of amides is 1. The Kier molecular flexibility index (Phi) is 4.03. The topological polar surface area (TPSA) is 58.4 Å². The Morgan fingerprint density at radius 1 is 1.35 bits per heavy atom. The monoisotopic (exact) mass is 273 g/mol. The second kappa shape index (κ2) is 5.94. The van der Waals surface area contributed by atoms with Gasteiger partial charge in [-0.05, 0) is 56.0 Å². The number of nitrogens with zero attached hydrogens (tertiary/aromatic N) is 1. The molecule has 1 aromatic carbocycles. The van der Waals surface area contributed by atoms with E-state index in [1.165, 1.54) is 32.4 Å². The van der Waals surface area contributed by atoms with Crippen molar-refractivity contribution in [2.45, 2.75) is 31.8 Å². The van der Waals surface area contributed by atoms with E-state index in [1.807, 2.05) is 18.2 Å². The molecule has 1 amide bonds. The van der Waals surface area contributed by atoms with Gasteiger partial charge in [-0.25, -0.2) is 0 Å². The summed E-state index contributed by atoms with van der Waals surface area (Å²) in [6.45, 7) is 4.39. The summed E-state index contributed by atoms with van der Waals surface area (Å²) in [5, 5.41) is 3.51. The van der Waals surface area contributed by atoms with Crippen LogP contribution in [0.5, 0.6) is 0 Å². The van der Waals surface area contributed by atoms with Gasteiger partial charge in [-0.2, -0.15) is 0 Å². The van der Waals surface area contributed by atoms with Crippen LogP contribution in [-0.4, -0.2) is 36.5 Å².